The van der Waals surface area contributed by atoms with Gasteiger partial charge < -0.3 is 4.74 Å². The van der Waals surface area contributed by atoms with Crippen molar-refractivity contribution in [2.75, 3.05) is 12.0 Å². The van der Waals surface area contributed by atoms with Crippen LogP contribution in [0, 0.1) is 0 Å². The van der Waals surface area contributed by atoms with Gasteiger partial charge in [-0.05, 0) is 36.4 Å². The first kappa shape index (κ1) is 12.6. The van der Waals surface area contributed by atoms with Crippen LogP contribution in [0.1, 0.15) is 5.56 Å². The van der Waals surface area contributed by atoms with E-state index in [9.17, 15) is 4.79 Å². The van der Waals surface area contributed by atoms with E-state index in [0.29, 0.717) is 11.3 Å². The Balaban J connectivity index is 1.89. The van der Waals surface area contributed by atoms with E-state index in [1.165, 1.54) is 0 Å². The fourth-order valence-electron chi connectivity index (χ4n) is 2.76. The number of benzene rings is 2. The van der Waals surface area contributed by atoms with E-state index in [-0.39, 0.29) is 5.91 Å². The molecular weight excluding hydrogens is 278 g/mol. The minimum absolute atomic E-state index is 0.123. The Labute approximate surface area is 126 Å². The minimum Gasteiger partial charge on any atom is -0.497 e. The Morgan fingerprint density at radius 1 is 1.23 bits per heavy atom. The van der Waals surface area contributed by atoms with Crippen LogP contribution in [0.15, 0.2) is 49.2 Å². The number of carbonyl (C=O) groups is 1. The number of anilines is 2. The number of carbonyl (C=O) groups excluding carboxylic acids is 1. The van der Waals surface area contributed by atoms with Crippen LogP contribution >= 0.6 is 0 Å². The molecule has 1 N–H and O–H groups in total. The normalized spacial score (nSPS) is 13.8. The highest BCUT2D eigenvalue weighted by molar-refractivity contribution is 6.34. The van der Waals surface area contributed by atoms with Gasteiger partial charge in [-0.2, -0.15) is 5.10 Å². The predicted octanol–water partition coefficient (Wildman–Crippen LogP) is 3.26. The fourth-order valence-corrected chi connectivity index (χ4v) is 2.76. The van der Waals surface area contributed by atoms with Gasteiger partial charge in [0.05, 0.1) is 30.2 Å². The average molecular weight is 291 g/mol. The Bertz CT molecular complexity index is 927. The van der Waals surface area contributed by atoms with Crippen LogP contribution in [-0.2, 0) is 4.79 Å². The maximum atomic E-state index is 12.6. The van der Waals surface area contributed by atoms with Crippen molar-refractivity contribution in [3.8, 4) is 5.75 Å². The van der Waals surface area contributed by atoms with E-state index in [1.807, 2.05) is 36.4 Å². The van der Waals surface area contributed by atoms with Gasteiger partial charge in [0.1, 0.15) is 5.75 Å². The lowest BCUT2D eigenvalue weighted by atomic mass is 10.1. The third-order valence-corrected chi connectivity index (χ3v) is 3.91. The van der Waals surface area contributed by atoms with Crippen molar-refractivity contribution in [1.29, 1.82) is 0 Å². The van der Waals surface area contributed by atoms with Gasteiger partial charge >= 0.3 is 0 Å². The number of rotatable bonds is 2. The molecule has 1 aliphatic heterocycles. The van der Waals surface area contributed by atoms with Crippen LogP contribution in [0.25, 0.3) is 16.5 Å². The largest absolute Gasteiger partial charge is 0.497 e. The standard InChI is InChI=1S/C17H13N3O2/c1-10-14-8-13(22-2)5-6-16(14)20(17(10)21)12-4-3-11-9-18-19-15(11)7-12/h3-9H,1H2,2H3,(H,18,19). The Morgan fingerprint density at radius 2 is 2.09 bits per heavy atom. The summed E-state index contributed by atoms with van der Waals surface area (Å²) >= 11 is 0. The van der Waals surface area contributed by atoms with Crippen molar-refractivity contribution < 1.29 is 9.53 Å². The number of aromatic nitrogens is 2. The Morgan fingerprint density at radius 3 is 2.91 bits per heavy atom. The lowest BCUT2D eigenvalue weighted by Crippen LogP contribution is -2.20. The summed E-state index contributed by atoms with van der Waals surface area (Å²) in [7, 11) is 1.60. The van der Waals surface area contributed by atoms with Crippen LogP contribution < -0.4 is 9.64 Å². The summed E-state index contributed by atoms with van der Waals surface area (Å²) in [6, 6.07) is 11.3. The second-order valence-electron chi connectivity index (χ2n) is 5.14. The SMILES string of the molecule is C=C1C(=O)N(c2ccc3cn[nH]c3c2)c2ccc(OC)cc21. The van der Waals surface area contributed by atoms with Crippen LogP contribution in [-0.4, -0.2) is 23.2 Å². The van der Waals surface area contributed by atoms with Crippen molar-refractivity contribution in [1.82, 2.24) is 10.2 Å². The molecule has 22 heavy (non-hydrogen) atoms. The molecule has 4 rings (SSSR count). The van der Waals surface area contributed by atoms with E-state index in [0.717, 1.165) is 27.8 Å². The zero-order valence-electron chi connectivity index (χ0n) is 12.0. The van der Waals surface area contributed by atoms with Crippen LogP contribution in [0.2, 0.25) is 0 Å². The summed E-state index contributed by atoms with van der Waals surface area (Å²) in [4.78, 5) is 14.3. The summed E-state index contributed by atoms with van der Waals surface area (Å²) in [5.41, 5.74) is 3.76. The zero-order valence-corrected chi connectivity index (χ0v) is 12.0. The molecule has 0 radical (unpaired) electrons. The Kier molecular flexibility index (Phi) is 2.56. The number of ether oxygens (including phenoxy) is 1. The molecule has 1 aliphatic rings. The van der Waals surface area contributed by atoms with Crippen LogP contribution in [0.5, 0.6) is 5.75 Å². The summed E-state index contributed by atoms with van der Waals surface area (Å²) in [5.74, 6) is 0.584. The smallest absolute Gasteiger partial charge is 0.262 e. The molecule has 3 aromatic rings. The first-order chi connectivity index (χ1) is 10.7. The van der Waals surface area contributed by atoms with Crippen molar-refractivity contribution in [3.05, 3.63) is 54.7 Å². The average Bonchev–Trinajstić information content (AvgIpc) is 3.10. The van der Waals surface area contributed by atoms with Crippen molar-refractivity contribution in [2.24, 2.45) is 0 Å². The van der Waals surface area contributed by atoms with Gasteiger partial charge in [0.2, 0.25) is 0 Å². The van der Waals surface area contributed by atoms with Gasteiger partial charge in [0.15, 0.2) is 0 Å². The molecule has 1 aromatic heterocycles. The molecule has 1 amide bonds. The summed E-state index contributed by atoms with van der Waals surface area (Å²) in [5, 5.41) is 7.93. The third-order valence-electron chi connectivity index (χ3n) is 3.91. The van der Waals surface area contributed by atoms with Gasteiger partial charge in [-0.15, -0.1) is 0 Å². The molecule has 0 aliphatic carbocycles. The molecule has 0 bridgehead atoms. The number of nitrogens with zero attached hydrogens (tertiary/aromatic N) is 2. The van der Waals surface area contributed by atoms with Crippen molar-refractivity contribution >= 4 is 33.8 Å². The molecule has 2 aromatic carbocycles. The van der Waals surface area contributed by atoms with Crippen LogP contribution in [0.4, 0.5) is 11.4 Å². The van der Waals surface area contributed by atoms with Gasteiger partial charge in [0.25, 0.3) is 5.91 Å². The first-order valence-electron chi connectivity index (χ1n) is 6.84. The maximum Gasteiger partial charge on any atom is 0.262 e. The monoisotopic (exact) mass is 291 g/mol. The molecule has 0 saturated heterocycles. The van der Waals surface area contributed by atoms with Gasteiger partial charge in [-0.25, -0.2) is 0 Å². The van der Waals surface area contributed by atoms with Crippen LogP contribution in [0.3, 0.4) is 0 Å². The minimum atomic E-state index is -0.123. The van der Waals surface area contributed by atoms with Crippen molar-refractivity contribution in [3.63, 3.8) is 0 Å². The maximum absolute atomic E-state index is 12.6. The molecule has 2 heterocycles. The molecule has 0 saturated carbocycles. The van der Waals surface area contributed by atoms with Gasteiger partial charge in [0, 0.05) is 16.5 Å². The van der Waals surface area contributed by atoms with E-state index < -0.39 is 0 Å². The van der Waals surface area contributed by atoms with E-state index in [2.05, 4.69) is 16.8 Å². The fraction of sp³-hybridized carbons (Fsp3) is 0.0588. The van der Waals surface area contributed by atoms with E-state index in [4.69, 9.17) is 4.74 Å². The number of hydrogen-bond donors (Lipinski definition) is 1. The quantitative estimate of drug-likeness (QED) is 0.737. The predicted molar refractivity (Wildman–Crippen MR) is 85.3 cm³/mol. The Hall–Kier alpha value is -3.08. The number of nitrogens with one attached hydrogen (secondary N) is 1. The van der Waals surface area contributed by atoms with Gasteiger partial charge in [-0.1, -0.05) is 6.58 Å². The first-order valence-corrected chi connectivity index (χ1v) is 6.84. The summed E-state index contributed by atoms with van der Waals surface area (Å²) < 4.78 is 5.23. The summed E-state index contributed by atoms with van der Waals surface area (Å²) in [6.45, 7) is 3.91. The highest BCUT2D eigenvalue weighted by Crippen LogP contribution is 2.42. The van der Waals surface area contributed by atoms with Crippen molar-refractivity contribution in [2.45, 2.75) is 0 Å². The molecule has 0 fully saturated rings. The van der Waals surface area contributed by atoms with Gasteiger partial charge in [-0.3, -0.25) is 14.8 Å². The highest BCUT2D eigenvalue weighted by Gasteiger charge is 2.32. The topological polar surface area (TPSA) is 58.2 Å². The van der Waals surface area contributed by atoms with E-state index in [1.54, 1.807) is 18.2 Å². The molecule has 5 heteroatoms. The number of fused-ring (bicyclic) bond motifs is 2. The molecule has 5 nitrogen and oxygen atoms in total. The summed E-state index contributed by atoms with van der Waals surface area (Å²) in [6.07, 6.45) is 1.75. The molecule has 0 atom stereocenters. The second-order valence-corrected chi connectivity index (χ2v) is 5.14. The molecule has 0 spiro atoms. The number of hydrogen-bond acceptors (Lipinski definition) is 3. The number of H-pyrrole nitrogens is 1. The number of aromatic amines is 1. The lowest BCUT2D eigenvalue weighted by molar-refractivity contribution is -0.112. The third kappa shape index (κ3) is 1.65. The second kappa shape index (κ2) is 4.46. The lowest BCUT2D eigenvalue weighted by Gasteiger charge is -2.17. The molecule has 108 valence electrons. The molecular formula is C17H13N3O2. The number of methoxy groups -OCH3 is 1. The zero-order chi connectivity index (χ0) is 15.3. The number of amides is 1. The molecule has 0 unspecified atom stereocenters. The van der Waals surface area contributed by atoms with E-state index >= 15 is 0 Å². The highest BCUT2D eigenvalue weighted by atomic mass is 16.5.